The van der Waals surface area contributed by atoms with Crippen molar-refractivity contribution in [1.82, 2.24) is 25.2 Å². The molecule has 3 fully saturated rings. The Morgan fingerprint density at radius 1 is 1.02 bits per heavy atom. The van der Waals surface area contributed by atoms with Gasteiger partial charge in [0.1, 0.15) is 35.6 Å². The maximum atomic E-state index is 16.5. The molecule has 4 atom stereocenters. The van der Waals surface area contributed by atoms with Gasteiger partial charge in [0, 0.05) is 49.9 Å². The van der Waals surface area contributed by atoms with Gasteiger partial charge in [0.05, 0.1) is 10.9 Å². The Balaban J connectivity index is 1.27. The van der Waals surface area contributed by atoms with Gasteiger partial charge in [-0.15, -0.1) is 0 Å². The van der Waals surface area contributed by atoms with E-state index in [4.69, 9.17) is 9.72 Å². The second-order valence-electron chi connectivity index (χ2n) is 12.0. The minimum Gasteiger partial charge on any atom is -0.508 e. The number of nitrogens with one attached hydrogen (secondary N) is 1. The maximum Gasteiger partial charge on any atom is 0.319 e. The Morgan fingerprint density at radius 3 is 2.65 bits per heavy atom. The standard InChI is InChI=1S/C31H28F4N6O2/c32-17-10-31(6-1-7-41(31)12-17)15-43-30-38-27-22(29(39-30)40-13-18-2-3-19(14-40)37-18)11-36-28(26(27)35)24-21-5-4-20(42)8-16(21)9-23(33)25(24)34/h2-5,8-9,11,17-19,37,42H,1,6-7,10,12-15H2/t17-,18-,19+,31+/m1/s1. The summed E-state index contributed by atoms with van der Waals surface area (Å²) < 4.78 is 67.1. The predicted octanol–water partition coefficient (Wildman–Crippen LogP) is 4.64. The maximum absolute atomic E-state index is 16.5. The molecule has 222 valence electrons. The number of hydrogen-bond donors (Lipinski definition) is 2. The summed E-state index contributed by atoms with van der Waals surface area (Å²) in [6, 6.07) is 5.02. The first-order valence-corrected chi connectivity index (χ1v) is 14.5. The largest absolute Gasteiger partial charge is 0.508 e. The quantitative estimate of drug-likeness (QED) is 0.256. The number of benzene rings is 2. The number of alkyl halides is 1. The van der Waals surface area contributed by atoms with Crippen LogP contribution in [0.2, 0.25) is 0 Å². The third-order valence-corrected chi connectivity index (χ3v) is 9.26. The molecule has 2 N–H and O–H groups in total. The fourth-order valence-electron chi connectivity index (χ4n) is 7.32. The van der Waals surface area contributed by atoms with Crippen LogP contribution in [0.5, 0.6) is 11.8 Å². The predicted molar refractivity (Wildman–Crippen MR) is 152 cm³/mol. The van der Waals surface area contributed by atoms with E-state index in [0.717, 1.165) is 25.5 Å². The van der Waals surface area contributed by atoms with Crippen LogP contribution in [-0.4, -0.2) is 81.5 Å². The number of anilines is 1. The highest BCUT2D eigenvalue weighted by Gasteiger charge is 2.49. The first-order chi connectivity index (χ1) is 20.8. The smallest absolute Gasteiger partial charge is 0.319 e. The van der Waals surface area contributed by atoms with Crippen molar-refractivity contribution in [2.24, 2.45) is 0 Å². The molecule has 4 aromatic rings. The first kappa shape index (κ1) is 26.6. The molecule has 4 aliphatic heterocycles. The summed E-state index contributed by atoms with van der Waals surface area (Å²) in [7, 11) is 0. The summed E-state index contributed by atoms with van der Waals surface area (Å²) in [5, 5.41) is 14.0. The van der Waals surface area contributed by atoms with E-state index in [1.54, 1.807) is 0 Å². The van der Waals surface area contributed by atoms with Crippen LogP contribution in [0.3, 0.4) is 0 Å². The van der Waals surface area contributed by atoms with Gasteiger partial charge in [0.15, 0.2) is 17.5 Å². The molecule has 6 heterocycles. The minimum absolute atomic E-state index is 0.0737. The number of rotatable bonds is 5. The molecule has 0 aliphatic carbocycles. The Labute approximate surface area is 244 Å². The third-order valence-electron chi connectivity index (χ3n) is 9.26. The van der Waals surface area contributed by atoms with E-state index in [1.807, 2.05) is 4.90 Å². The van der Waals surface area contributed by atoms with E-state index >= 15 is 8.78 Å². The van der Waals surface area contributed by atoms with Gasteiger partial charge in [-0.2, -0.15) is 9.97 Å². The lowest BCUT2D eigenvalue weighted by Crippen LogP contribution is -2.52. The number of piperazine rings is 1. The van der Waals surface area contributed by atoms with Crippen LogP contribution in [0, 0.1) is 17.5 Å². The summed E-state index contributed by atoms with van der Waals surface area (Å²) >= 11 is 0. The molecule has 12 heteroatoms. The SMILES string of the molecule is Oc1ccc2c(-c3ncc4c(N5C[C@H]6C=C[C@@H](C5)N6)nc(OC[C@@]56CCCN5C[C@H](F)C6)nc4c3F)c(F)c(F)cc2c1. The molecule has 0 unspecified atom stereocenters. The molecule has 3 saturated heterocycles. The van der Waals surface area contributed by atoms with Gasteiger partial charge < -0.3 is 20.1 Å². The zero-order valence-corrected chi connectivity index (χ0v) is 23.0. The van der Waals surface area contributed by atoms with E-state index in [2.05, 4.69) is 32.3 Å². The van der Waals surface area contributed by atoms with Crippen LogP contribution in [0.15, 0.2) is 42.6 Å². The Bertz CT molecular complexity index is 1810. The highest BCUT2D eigenvalue weighted by atomic mass is 19.2. The van der Waals surface area contributed by atoms with Gasteiger partial charge in [-0.05, 0) is 54.4 Å². The molecule has 8 rings (SSSR count). The lowest BCUT2D eigenvalue weighted by Gasteiger charge is -2.34. The number of aromatic hydroxyl groups is 1. The lowest BCUT2D eigenvalue weighted by atomic mass is 9.95. The van der Waals surface area contributed by atoms with Crippen molar-refractivity contribution in [2.45, 2.75) is 43.1 Å². The van der Waals surface area contributed by atoms with Crippen LogP contribution in [0.4, 0.5) is 23.4 Å². The van der Waals surface area contributed by atoms with Crippen LogP contribution in [0.1, 0.15) is 19.3 Å². The molecule has 2 bridgehead atoms. The van der Waals surface area contributed by atoms with Crippen LogP contribution in [-0.2, 0) is 0 Å². The number of fused-ring (bicyclic) bond motifs is 5. The average molecular weight is 593 g/mol. The minimum atomic E-state index is -1.26. The number of pyridine rings is 1. The van der Waals surface area contributed by atoms with Crippen molar-refractivity contribution < 1.29 is 27.4 Å². The normalized spacial score (nSPS) is 26.6. The monoisotopic (exact) mass is 592 g/mol. The average Bonchev–Trinajstić information content (AvgIpc) is 3.63. The molecular formula is C31H28F4N6O2. The summed E-state index contributed by atoms with van der Waals surface area (Å²) in [6.45, 7) is 2.43. The zero-order chi connectivity index (χ0) is 29.5. The number of nitrogens with zero attached hydrogens (tertiary/aromatic N) is 5. The highest BCUT2D eigenvalue weighted by molar-refractivity contribution is 5.99. The fourth-order valence-corrected chi connectivity index (χ4v) is 7.32. The summed E-state index contributed by atoms with van der Waals surface area (Å²) in [6.07, 6.45) is 6.67. The molecule has 0 amide bonds. The second kappa shape index (κ2) is 9.75. The van der Waals surface area contributed by atoms with Crippen molar-refractivity contribution in [2.75, 3.05) is 37.7 Å². The molecule has 4 aliphatic rings. The number of aromatic nitrogens is 3. The van der Waals surface area contributed by atoms with Gasteiger partial charge in [0.2, 0.25) is 0 Å². The van der Waals surface area contributed by atoms with Crippen molar-refractivity contribution in [3.8, 4) is 23.0 Å². The number of phenols is 1. The van der Waals surface area contributed by atoms with Gasteiger partial charge >= 0.3 is 6.01 Å². The van der Waals surface area contributed by atoms with Crippen molar-refractivity contribution in [1.29, 1.82) is 0 Å². The van der Waals surface area contributed by atoms with E-state index in [-0.39, 0.29) is 52.3 Å². The fraction of sp³-hybridized carbons (Fsp3) is 0.387. The van der Waals surface area contributed by atoms with E-state index in [9.17, 15) is 13.9 Å². The molecule has 8 nitrogen and oxygen atoms in total. The molecule has 0 spiro atoms. The molecule has 2 aromatic heterocycles. The number of halogens is 4. The molecule has 43 heavy (non-hydrogen) atoms. The molecule has 0 radical (unpaired) electrons. The van der Waals surface area contributed by atoms with Crippen LogP contribution < -0.4 is 15.0 Å². The van der Waals surface area contributed by atoms with Crippen LogP contribution in [0.25, 0.3) is 32.9 Å². The van der Waals surface area contributed by atoms with Crippen molar-refractivity contribution >= 4 is 27.5 Å². The summed E-state index contributed by atoms with van der Waals surface area (Å²) in [5.41, 5.74) is -1.40. The zero-order valence-electron chi connectivity index (χ0n) is 23.0. The molecular weight excluding hydrogens is 564 g/mol. The Hall–Kier alpha value is -4.03. The summed E-state index contributed by atoms with van der Waals surface area (Å²) in [4.78, 5) is 17.5. The number of ether oxygens (including phenoxy) is 1. The number of hydrogen-bond acceptors (Lipinski definition) is 8. The number of phenolic OH excluding ortho intramolecular Hbond substituents is 1. The van der Waals surface area contributed by atoms with Crippen LogP contribution >= 0.6 is 0 Å². The van der Waals surface area contributed by atoms with Gasteiger partial charge in [-0.1, -0.05) is 12.2 Å². The third kappa shape index (κ3) is 4.29. The molecule has 2 aromatic carbocycles. The Kier molecular flexibility index (Phi) is 6.03. The van der Waals surface area contributed by atoms with E-state index < -0.39 is 34.9 Å². The highest BCUT2D eigenvalue weighted by Crippen LogP contribution is 2.41. The van der Waals surface area contributed by atoms with Gasteiger partial charge in [0.25, 0.3) is 0 Å². The summed E-state index contributed by atoms with van der Waals surface area (Å²) in [5.74, 6) is -3.14. The second-order valence-corrected chi connectivity index (χ2v) is 12.0. The van der Waals surface area contributed by atoms with Crippen molar-refractivity contribution in [3.05, 3.63) is 60.1 Å². The lowest BCUT2D eigenvalue weighted by molar-refractivity contribution is 0.107. The van der Waals surface area contributed by atoms with E-state index in [0.29, 0.717) is 37.3 Å². The topological polar surface area (TPSA) is 86.6 Å². The van der Waals surface area contributed by atoms with Gasteiger partial charge in [-0.3, -0.25) is 9.88 Å². The van der Waals surface area contributed by atoms with E-state index in [1.165, 1.54) is 24.4 Å². The molecule has 0 saturated carbocycles. The first-order valence-electron chi connectivity index (χ1n) is 14.5. The van der Waals surface area contributed by atoms with Gasteiger partial charge in [-0.25, -0.2) is 17.6 Å². The Morgan fingerprint density at radius 2 is 1.84 bits per heavy atom. The van der Waals surface area contributed by atoms with Crippen molar-refractivity contribution in [3.63, 3.8) is 0 Å².